The van der Waals surface area contributed by atoms with E-state index in [-0.39, 0.29) is 0 Å². The van der Waals surface area contributed by atoms with Crippen molar-refractivity contribution in [3.63, 3.8) is 0 Å². The van der Waals surface area contributed by atoms with Gasteiger partial charge in [-0.2, -0.15) is 13.2 Å². The number of benzene rings is 2. The molecule has 2 aromatic carbocycles. The molecule has 2 heterocycles. The standard InChI is InChI=1S/C23H18F3N3/c1-14-11-22(29-20-10-6-17(12-19(14)20)23(24,25)26)21-9-5-16(13-28-21)15-3-7-18(27-2)8-4-15/h3-13,27H,1-2H3. The fraction of sp³-hybridized carbons (Fsp3) is 0.130. The van der Waals surface area contributed by atoms with Crippen LogP contribution in [0.3, 0.4) is 0 Å². The van der Waals surface area contributed by atoms with Crippen LogP contribution in [0.1, 0.15) is 11.1 Å². The van der Waals surface area contributed by atoms with Crippen LogP contribution in [0.5, 0.6) is 0 Å². The first-order valence-corrected chi connectivity index (χ1v) is 9.08. The predicted molar refractivity (Wildman–Crippen MR) is 110 cm³/mol. The molecule has 0 aliphatic heterocycles. The van der Waals surface area contributed by atoms with E-state index >= 15 is 0 Å². The summed E-state index contributed by atoms with van der Waals surface area (Å²) in [5, 5.41) is 3.57. The van der Waals surface area contributed by atoms with Crippen LogP contribution in [0, 0.1) is 6.92 Å². The summed E-state index contributed by atoms with van der Waals surface area (Å²) in [6.07, 6.45) is -2.60. The van der Waals surface area contributed by atoms with E-state index in [0.717, 1.165) is 34.5 Å². The second-order valence-corrected chi connectivity index (χ2v) is 6.81. The summed E-state index contributed by atoms with van der Waals surface area (Å²) in [7, 11) is 1.87. The van der Waals surface area contributed by atoms with Crippen LogP contribution in [-0.2, 0) is 6.18 Å². The van der Waals surface area contributed by atoms with Crippen LogP contribution in [0.25, 0.3) is 33.4 Å². The molecule has 4 aromatic rings. The second kappa shape index (κ2) is 7.20. The van der Waals surface area contributed by atoms with E-state index in [1.807, 2.05) is 43.4 Å². The van der Waals surface area contributed by atoms with E-state index < -0.39 is 11.7 Å². The Bertz CT molecular complexity index is 1170. The lowest BCUT2D eigenvalue weighted by atomic mass is 10.0. The third-order valence-corrected chi connectivity index (χ3v) is 4.88. The largest absolute Gasteiger partial charge is 0.416 e. The van der Waals surface area contributed by atoms with Gasteiger partial charge in [0.15, 0.2) is 0 Å². The highest BCUT2D eigenvalue weighted by atomic mass is 19.4. The number of hydrogen-bond acceptors (Lipinski definition) is 3. The zero-order valence-electron chi connectivity index (χ0n) is 15.9. The normalized spacial score (nSPS) is 11.6. The van der Waals surface area contributed by atoms with Crippen molar-refractivity contribution in [3.8, 4) is 22.5 Å². The fourth-order valence-corrected chi connectivity index (χ4v) is 3.25. The molecule has 0 spiro atoms. The molecule has 0 saturated heterocycles. The summed E-state index contributed by atoms with van der Waals surface area (Å²) >= 11 is 0. The summed E-state index contributed by atoms with van der Waals surface area (Å²) in [6, 6.07) is 17.2. The first-order chi connectivity index (χ1) is 13.8. The van der Waals surface area contributed by atoms with Gasteiger partial charge in [-0.1, -0.05) is 18.2 Å². The molecule has 6 heteroatoms. The lowest BCUT2D eigenvalue weighted by Crippen LogP contribution is -2.04. The van der Waals surface area contributed by atoms with Gasteiger partial charge in [0, 0.05) is 29.9 Å². The molecule has 0 bridgehead atoms. The number of nitrogens with one attached hydrogen (secondary N) is 1. The monoisotopic (exact) mass is 393 g/mol. The van der Waals surface area contributed by atoms with Crippen molar-refractivity contribution >= 4 is 16.6 Å². The first-order valence-electron chi connectivity index (χ1n) is 9.08. The number of aromatic nitrogens is 2. The number of pyridine rings is 2. The minimum absolute atomic E-state index is 0.491. The van der Waals surface area contributed by atoms with E-state index in [0.29, 0.717) is 22.3 Å². The lowest BCUT2D eigenvalue weighted by Gasteiger charge is -2.11. The lowest BCUT2D eigenvalue weighted by molar-refractivity contribution is -0.137. The smallest absolute Gasteiger partial charge is 0.388 e. The van der Waals surface area contributed by atoms with Crippen LogP contribution in [0.15, 0.2) is 66.9 Å². The molecule has 0 unspecified atom stereocenters. The van der Waals surface area contributed by atoms with Crippen LogP contribution >= 0.6 is 0 Å². The van der Waals surface area contributed by atoms with Gasteiger partial charge in [-0.05, 0) is 60.5 Å². The molecule has 0 aliphatic rings. The molecule has 0 aliphatic carbocycles. The third-order valence-electron chi connectivity index (χ3n) is 4.88. The Labute approximate surface area is 166 Å². The summed E-state index contributed by atoms with van der Waals surface area (Å²) < 4.78 is 38.9. The average molecular weight is 393 g/mol. The van der Waals surface area contributed by atoms with Crippen molar-refractivity contribution in [1.29, 1.82) is 0 Å². The van der Waals surface area contributed by atoms with E-state index in [1.165, 1.54) is 6.07 Å². The molecule has 2 aromatic heterocycles. The number of fused-ring (bicyclic) bond motifs is 1. The Hall–Kier alpha value is -3.41. The van der Waals surface area contributed by atoms with E-state index in [1.54, 1.807) is 19.2 Å². The molecular weight excluding hydrogens is 375 g/mol. The SMILES string of the molecule is CNc1ccc(-c2ccc(-c3cc(C)c4cc(C(F)(F)F)ccc4n3)nc2)cc1. The van der Waals surface area contributed by atoms with Gasteiger partial charge < -0.3 is 5.32 Å². The van der Waals surface area contributed by atoms with Crippen LogP contribution in [0.4, 0.5) is 18.9 Å². The third kappa shape index (κ3) is 3.78. The molecule has 0 fully saturated rings. The molecule has 3 nitrogen and oxygen atoms in total. The Kier molecular flexibility index (Phi) is 4.70. The quantitative estimate of drug-likeness (QED) is 0.442. The highest BCUT2D eigenvalue weighted by Crippen LogP contribution is 2.33. The molecule has 0 radical (unpaired) electrons. The van der Waals surface area contributed by atoms with Gasteiger partial charge >= 0.3 is 6.18 Å². The van der Waals surface area contributed by atoms with E-state index in [4.69, 9.17) is 0 Å². The Morgan fingerprint density at radius 3 is 2.17 bits per heavy atom. The average Bonchev–Trinajstić information content (AvgIpc) is 2.73. The highest BCUT2D eigenvalue weighted by Gasteiger charge is 2.30. The number of nitrogens with zero attached hydrogens (tertiary/aromatic N) is 2. The molecule has 0 atom stereocenters. The van der Waals surface area contributed by atoms with Crippen molar-refractivity contribution < 1.29 is 13.2 Å². The number of hydrogen-bond donors (Lipinski definition) is 1. The number of rotatable bonds is 3. The molecule has 4 rings (SSSR count). The fourth-order valence-electron chi connectivity index (χ4n) is 3.25. The van der Waals surface area contributed by atoms with Gasteiger partial charge in [-0.15, -0.1) is 0 Å². The maximum atomic E-state index is 13.0. The Morgan fingerprint density at radius 2 is 1.55 bits per heavy atom. The topological polar surface area (TPSA) is 37.8 Å². The number of alkyl halides is 3. The number of anilines is 1. The second-order valence-electron chi connectivity index (χ2n) is 6.81. The molecule has 29 heavy (non-hydrogen) atoms. The van der Waals surface area contributed by atoms with Crippen molar-refractivity contribution in [2.45, 2.75) is 13.1 Å². The Morgan fingerprint density at radius 1 is 0.828 bits per heavy atom. The zero-order valence-corrected chi connectivity index (χ0v) is 15.9. The van der Waals surface area contributed by atoms with E-state index in [2.05, 4.69) is 15.3 Å². The van der Waals surface area contributed by atoms with Crippen molar-refractivity contribution in [2.24, 2.45) is 0 Å². The van der Waals surface area contributed by atoms with Gasteiger partial charge in [0.05, 0.1) is 22.5 Å². The zero-order chi connectivity index (χ0) is 20.6. The minimum atomic E-state index is -4.37. The van der Waals surface area contributed by atoms with Crippen molar-refractivity contribution in [2.75, 3.05) is 12.4 Å². The number of aryl methyl sites for hydroxylation is 1. The summed E-state index contributed by atoms with van der Waals surface area (Å²) in [4.78, 5) is 9.03. The minimum Gasteiger partial charge on any atom is -0.388 e. The van der Waals surface area contributed by atoms with Crippen LogP contribution in [-0.4, -0.2) is 17.0 Å². The maximum absolute atomic E-state index is 13.0. The first kappa shape index (κ1) is 18.9. The van der Waals surface area contributed by atoms with Crippen molar-refractivity contribution in [1.82, 2.24) is 9.97 Å². The van der Waals surface area contributed by atoms with Gasteiger partial charge in [0.25, 0.3) is 0 Å². The molecule has 0 amide bonds. The summed E-state index contributed by atoms with van der Waals surface area (Å²) in [6.45, 7) is 1.78. The predicted octanol–water partition coefficient (Wildman–Crippen LogP) is 6.33. The maximum Gasteiger partial charge on any atom is 0.416 e. The summed E-state index contributed by atoms with van der Waals surface area (Å²) in [5.74, 6) is 0. The van der Waals surface area contributed by atoms with Crippen LogP contribution in [0.2, 0.25) is 0 Å². The molecule has 0 saturated carbocycles. The van der Waals surface area contributed by atoms with Gasteiger partial charge in [-0.3, -0.25) is 4.98 Å². The number of halogens is 3. The summed E-state index contributed by atoms with van der Waals surface area (Å²) in [5.41, 5.74) is 4.93. The van der Waals surface area contributed by atoms with Crippen molar-refractivity contribution in [3.05, 3.63) is 78.0 Å². The molecular formula is C23H18F3N3. The van der Waals surface area contributed by atoms with Crippen LogP contribution < -0.4 is 5.32 Å². The molecule has 146 valence electrons. The van der Waals surface area contributed by atoms with E-state index in [9.17, 15) is 13.2 Å². The van der Waals surface area contributed by atoms with Gasteiger partial charge in [0.1, 0.15) is 0 Å². The Balaban J connectivity index is 1.69. The van der Waals surface area contributed by atoms with Gasteiger partial charge in [-0.25, -0.2) is 4.98 Å². The van der Waals surface area contributed by atoms with Gasteiger partial charge in [0.2, 0.25) is 0 Å². The highest BCUT2D eigenvalue weighted by molar-refractivity contribution is 5.85. The molecule has 1 N–H and O–H groups in total.